The zero-order chi connectivity index (χ0) is 16.8. The van der Waals surface area contributed by atoms with Crippen molar-refractivity contribution in [3.8, 4) is 5.75 Å². The van der Waals surface area contributed by atoms with E-state index in [1.807, 2.05) is 6.92 Å². The molecule has 3 aliphatic heterocycles. The van der Waals surface area contributed by atoms with Crippen molar-refractivity contribution in [1.29, 1.82) is 0 Å². The van der Waals surface area contributed by atoms with Crippen molar-refractivity contribution in [1.82, 2.24) is 10.4 Å². The minimum atomic E-state index is -0.508. The molecule has 1 N–H and O–H groups in total. The summed E-state index contributed by atoms with van der Waals surface area (Å²) >= 11 is 0. The monoisotopic (exact) mass is 330 g/mol. The molecule has 0 radical (unpaired) electrons. The van der Waals surface area contributed by atoms with Gasteiger partial charge in [0, 0.05) is 5.56 Å². The normalized spacial score (nSPS) is 30.6. The van der Waals surface area contributed by atoms with Gasteiger partial charge in [0.25, 0.3) is 17.7 Å². The first-order valence-electron chi connectivity index (χ1n) is 8.17. The first-order valence-corrected chi connectivity index (χ1v) is 8.17. The Hall–Kier alpha value is -2.41. The van der Waals surface area contributed by atoms with Gasteiger partial charge in [0.2, 0.25) is 0 Å². The van der Waals surface area contributed by atoms with Crippen LogP contribution in [0.4, 0.5) is 0 Å². The van der Waals surface area contributed by atoms with E-state index >= 15 is 0 Å². The molecule has 7 heteroatoms. The number of hydrazine groups is 1. The first-order chi connectivity index (χ1) is 11.6. The van der Waals surface area contributed by atoms with Crippen LogP contribution in [-0.2, 0) is 14.3 Å². The van der Waals surface area contributed by atoms with Crippen molar-refractivity contribution in [2.75, 3.05) is 6.61 Å². The van der Waals surface area contributed by atoms with Gasteiger partial charge in [-0.3, -0.25) is 19.8 Å². The number of hydrogen-bond donors (Lipinski definition) is 1. The second-order valence-electron chi connectivity index (χ2n) is 6.26. The molecule has 3 saturated heterocycles. The van der Waals surface area contributed by atoms with Gasteiger partial charge in [-0.15, -0.1) is 0 Å². The number of hydrogen-bond acceptors (Lipinski definition) is 5. The van der Waals surface area contributed by atoms with E-state index in [0.29, 0.717) is 17.9 Å². The largest absolute Gasteiger partial charge is 0.494 e. The summed E-state index contributed by atoms with van der Waals surface area (Å²) in [5, 5.41) is 0.874. The fourth-order valence-corrected chi connectivity index (χ4v) is 3.88. The van der Waals surface area contributed by atoms with Crippen LogP contribution in [0.2, 0.25) is 0 Å². The molecular weight excluding hydrogens is 312 g/mol. The molecule has 126 valence electrons. The average molecular weight is 330 g/mol. The molecule has 1 aromatic carbocycles. The van der Waals surface area contributed by atoms with Gasteiger partial charge in [0.15, 0.2) is 0 Å². The first kappa shape index (κ1) is 15.1. The molecule has 7 nitrogen and oxygen atoms in total. The Morgan fingerprint density at radius 3 is 2.54 bits per heavy atom. The van der Waals surface area contributed by atoms with Crippen LogP contribution >= 0.6 is 0 Å². The highest BCUT2D eigenvalue weighted by molar-refractivity contribution is 6.08. The summed E-state index contributed by atoms with van der Waals surface area (Å²) in [7, 11) is 0. The van der Waals surface area contributed by atoms with Gasteiger partial charge in [-0.2, -0.15) is 5.01 Å². The molecule has 3 amide bonds. The number of imide groups is 1. The Kier molecular flexibility index (Phi) is 3.53. The Labute approximate surface area is 138 Å². The summed E-state index contributed by atoms with van der Waals surface area (Å²) < 4.78 is 11.0. The fraction of sp³-hybridized carbons (Fsp3) is 0.471. The second-order valence-corrected chi connectivity index (χ2v) is 6.26. The van der Waals surface area contributed by atoms with E-state index < -0.39 is 17.7 Å². The van der Waals surface area contributed by atoms with Crippen molar-refractivity contribution in [3.05, 3.63) is 29.8 Å². The molecular formula is C17H18N2O5. The number of benzene rings is 1. The van der Waals surface area contributed by atoms with Crippen LogP contribution in [0, 0.1) is 11.8 Å². The van der Waals surface area contributed by atoms with E-state index in [2.05, 4.69) is 5.43 Å². The number of rotatable bonds is 4. The maximum Gasteiger partial charge on any atom is 0.270 e. The molecule has 0 spiro atoms. The molecule has 0 aromatic heterocycles. The van der Waals surface area contributed by atoms with Crippen LogP contribution in [-0.4, -0.2) is 41.5 Å². The maximum absolute atomic E-state index is 12.5. The highest BCUT2D eigenvalue weighted by atomic mass is 16.5. The van der Waals surface area contributed by atoms with Gasteiger partial charge in [-0.1, -0.05) is 6.07 Å². The Balaban J connectivity index is 1.51. The molecule has 0 saturated carbocycles. The number of carbonyl (C=O) groups is 3. The Morgan fingerprint density at radius 2 is 1.92 bits per heavy atom. The van der Waals surface area contributed by atoms with Gasteiger partial charge in [0.1, 0.15) is 5.75 Å². The quantitative estimate of drug-likeness (QED) is 0.829. The lowest BCUT2D eigenvalue weighted by molar-refractivity contribution is -0.145. The molecule has 4 atom stereocenters. The van der Waals surface area contributed by atoms with Gasteiger partial charge in [0.05, 0.1) is 30.7 Å². The number of ether oxygens (including phenoxy) is 2. The smallest absolute Gasteiger partial charge is 0.270 e. The molecule has 4 rings (SSSR count). The number of nitrogens with zero attached hydrogens (tertiary/aromatic N) is 1. The Bertz CT molecular complexity index is 691. The minimum absolute atomic E-state index is 0.195. The highest BCUT2D eigenvalue weighted by Gasteiger charge is 2.62. The zero-order valence-corrected chi connectivity index (χ0v) is 13.2. The van der Waals surface area contributed by atoms with Gasteiger partial charge >= 0.3 is 0 Å². The summed E-state index contributed by atoms with van der Waals surface area (Å²) in [5.74, 6) is -1.59. The van der Waals surface area contributed by atoms with Crippen molar-refractivity contribution < 1.29 is 23.9 Å². The number of nitrogens with one attached hydrogen (secondary N) is 1. The summed E-state index contributed by atoms with van der Waals surface area (Å²) in [6.07, 6.45) is 1.20. The van der Waals surface area contributed by atoms with Crippen molar-refractivity contribution in [2.24, 2.45) is 11.8 Å². The number of carbonyl (C=O) groups excluding carboxylic acids is 3. The molecule has 3 aliphatic rings. The lowest BCUT2D eigenvalue weighted by Gasteiger charge is -2.18. The predicted molar refractivity (Wildman–Crippen MR) is 81.8 cm³/mol. The van der Waals surface area contributed by atoms with E-state index in [0.717, 1.165) is 17.9 Å². The number of amides is 3. The summed E-state index contributed by atoms with van der Waals surface area (Å²) in [6, 6.07) is 6.62. The summed E-state index contributed by atoms with van der Waals surface area (Å²) in [4.78, 5) is 37.4. The molecule has 0 unspecified atom stereocenters. The van der Waals surface area contributed by atoms with Crippen LogP contribution in [0.25, 0.3) is 0 Å². The third kappa shape index (κ3) is 2.19. The lowest BCUT2D eigenvalue weighted by Crippen LogP contribution is -2.47. The van der Waals surface area contributed by atoms with Crippen molar-refractivity contribution >= 4 is 17.7 Å². The molecule has 24 heavy (non-hydrogen) atoms. The average Bonchev–Trinajstić information content (AvgIpc) is 3.25. The molecule has 3 heterocycles. The van der Waals surface area contributed by atoms with Crippen LogP contribution in [0.3, 0.4) is 0 Å². The third-order valence-electron chi connectivity index (χ3n) is 4.90. The summed E-state index contributed by atoms with van der Waals surface area (Å²) in [6.45, 7) is 2.34. The third-order valence-corrected chi connectivity index (χ3v) is 4.90. The van der Waals surface area contributed by atoms with Crippen LogP contribution in [0.15, 0.2) is 24.3 Å². The maximum atomic E-state index is 12.5. The van der Waals surface area contributed by atoms with Crippen LogP contribution in [0.5, 0.6) is 5.75 Å². The second kappa shape index (κ2) is 5.59. The molecule has 2 bridgehead atoms. The van der Waals surface area contributed by atoms with Gasteiger partial charge in [-0.25, -0.2) is 0 Å². The summed E-state index contributed by atoms with van der Waals surface area (Å²) in [5.41, 5.74) is 2.78. The lowest BCUT2D eigenvalue weighted by atomic mass is 9.81. The van der Waals surface area contributed by atoms with Crippen molar-refractivity contribution in [2.45, 2.75) is 32.0 Å². The van der Waals surface area contributed by atoms with Crippen molar-refractivity contribution in [3.63, 3.8) is 0 Å². The topological polar surface area (TPSA) is 84.9 Å². The molecule has 3 fully saturated rings. The van der Waals surface area contributed by atoms with E-state index in [-0.39, 0.29) is 24.0 Å². The fourth-order valence-electron chi connectivity index (χ4n) is 3.88. The van der Waals surface area contributed by atoms with Crippen LogP contribution < -0.4 is 10.2 Å². The van der Waals surface area contributed by atoms with E-state index in [4.69, 9.17) is 9.47 Å². The van der Waals surface area contributed by atoms with E-state index in [9.17, 15) is 14.4 Å². The standard InChI is InChI=1S/C17H18N2O5/c1-2-23-10-5-3-4-9(8-10)15(20)18-19-16(21)13-11-6-7-12(24-11)14(13)17(19)22/h3-5,8,11-14H,2,6-7H2,1H3,(H,18,20)/t11-,12+,13-,14-/m0/s1. The SMILES string of the molecule is CCOc1cccc(C(=O)NN2C(=O)[C@@H]3[C@@H](C2=O)[C@H]2CC[C@@H]3O2)c1. The van der Waals surface area contributed by atoms with Gasteiger partial charge < -0.3 is 9.47 Å². The predicted octanol–water partition coefficient (Wildman–Crippen LogP) is 0.892. The molecule has 0 aliphatic carbocycles. The zero-order valence-electron chi connectivity index (χ0n) is 13.2. The Morgan fingerprint density at radius 1 is 1.25 bits per heavy atom. The highest BCUT2D eigenvalue weighted by Crippen LogP contribution is 2.48. The van der Waals surface area contributed by atoms with E-state index in [1.54, 1.807) is 24.3 Å². The molecule has 1 aromatic rings. The van der Waals surface area contributed by atoms with E-state index in [1.165, 1.54) is 0 Å². The van der Waals surface area contributed by atoms with Crippen LogP contribution in [0.1, 0.15) is 30.1 Å². The van der Waals surface area contributed by atoms with Gasteiger partial charge in [-0.05, 0) is 38.0 Å². The minimum Gasteiger partial charge on any atom is -0.494 e. The number of fused-ring (bicyclic) bond motifs is 5.